The number of benzene rings is 1. The van der Waals surface area contributed by atoms with Gasteiger partial charge in [-0.15, -0.1) is 0 Å². The SMILES string of the molecule is CCOC(=O)[C@@H]1CCCN(CC2=C(C(=O)OC)[C@@H](c3ccc(OC)c(OC)c3)NC(=O)N2)C1. The van der Waals surface area contributed by atoms with Crippen LogP contribution < -0.4 is 20.1 Å². The van der Waals surface area contributed by atoms with Gasteiger partial charge in [0.05, 0.1) is 45.5 Å². The maximum absolute atomic E-state index is 12.8. The van der Waals surface area contributed by atoms with Crippen molar-refractivity contribution in [2.45, 2.75) is 25.8 Å². The molecular weight excluding hydrogens is 430 g/mol. The largest absolute Gasteiger partial charge is 0.493 e. The van der Waals surface area contributed by atoms with Gasteiger partial charge in [0.2, 0.25) is 0 Å². The van der Waals surface area contributed by atoms with Gasteiger partial charge < -0.3 is 29.6 Å². The van der Waals surface area contributed by atoms with Crippen molar-refractivity contribution in [3.63, 3.8) is 0 Å². The minimum absolute atomic E-state index is 0.220. The van der Waals surface area contributed by atoms with Gasteiger partial charge in [-0.05, 0) is 44.0 Å². The van der Waals surface area contributed by atoms with Gasteiger partial charge in [0.25, 0.3) is 0 Å². The lowest BCUT2D eigenvalue weighted by Crippen LogP contribution is -2.49. The van der Waals surface area contributed by atoms with Crippen LogP contribution in [-0.2, 0) is 19.1 Å². The van der Waals surface area contributed by atoms with E-state index in [0.717, 1.165) is 19.4 Å². The van der Waals surface area contributed by atoms with Crippen LogP contribution in [0.3, 0.4) is 0 Å². The summed E-state index contributed by atoms with van der Waals surface area (Å²) in [7, 11) is 4.35. The summed E-state index contributed by atoms with van der Waals surface area (Å²) in [5.74, 6) is -0.0105. The van der Waals surface area contributed by atoms with E-state index in [1.165, 1.54) is 21.3 Å². The normalized spacial score (nSPS) is 21.0. The Balaban J connectivity index is 1.93. The number of hydrogen-bond donors (Lipinski definition) is 2. The number of carbonyl (C=O) groups excluding carboxylic acids is 3. The number of urea groups is 1. The van der Waals surface area contributed by atoms with Crippen molar-refractivity contribution < 1.29 is 33.3 Å². The average molecular weight is 462 g/mol. The lowest BCUT2D eigenvalue weighted by atomic mass is 9.93. The Morgan fingerprint density at radius 3 is 2.58 bits per heavy atom. The monoisotopic (exact) mass is 461 g/mol. The fourth-order valence-corrected chi connectivity index (χ4v) is 4.25. The van der Waals surface area contributed by atoms with E-state index in [-0.39, 0.29) is 18.4 Å². The van der Waals surface area contributed by atoms with E-state index in [9.17, 15) is 14.4 Å². The molecule has 1 aromatic carbocycles. The van der Waals surface area contributed by atoms with Gasteiger partial charge in [-0.3, -0.25) is 9.69 Å². The molecule has 0 aliphatic carbocycles. The van der Waals surface area contributed by atoms with Crippen LogP contribution in [0.25, 0.3) is 0 Å². The highest BCUT2D eigenvalue weighted by molar-refractivity contribution is 5.95. The van der Waals surface area contributed by atoms with Gasteiger partial charge in [0, 0.05) is 18.8 Å². The first-order chi connectivity index (χ1) is 15.9. The molecule has 2 amide bonds. The third-order valence-electron chi connectivity index (χ3n) is 5.81. The van der Waals surface area contributed by atoms with Crippen molar-refractivity contribution in [1.29, 1.82) is 0 Å². The van der Waals surface area contributed by atoms with Crippen LogP contribution in [-0.4, -0.2) is 70.4 Å². The molecule has 0 saturated carbocycles. The third-order valence-corrected chi connectivity index (χ3v) is 5.81. The number of likely N-dealkylation sites (tertiary alicyclic amines) is 1. The molecule has 3 rings (SSSR count). The van der Waals surface area contributed by atoms with Crippen LogP contribution in [0.1, 0.15) is 31.4 Å². The molecule has 0 unspecified atom stereocenters. The second-order valence-electron chi connectivity index (χ2n) is 7.86. The summed E-state index contributed by atoms with van der Waals surface area (Å²) in [4.78, 5) is 39.6. The molecule has 2 N–H and O–H groups in total. The Labute approximate surface area is 193 Å². The van der Waals surface area contributed by atoms with Crippen LogP contribution in [0.5, 0.6) is 11.5 Å². The third kappa shape index (κ3) is 5.57. The molecule has 2 atom stereocenters. The second-order valence-corrected chi connectivity index (χ2v) is 7.86. The molecule has 2 heterocycles. The van der Waals surface area contributed by atoms with Crippen LogP contribution in [0, 0.1) is 5.92 Å². The number of hydrogen-bond acceptors (Lipinski definition) is 8. The summed E-state index contributed by atoms with van der Waals surface area (Å²) in [5.41, 5.74) is 1.38. The number of nitrogens with zero attached hydrogens (tertiary/aromatic N) is 1. The quantitative estimate of drug-likeness (QED) is 0.563. The van der Waals surface area contributed by atoms with Crippen molar-refractivity contribution >= 4 is 18.0 Å². The molecule has 1 saturated heterocycles. The van der Waals surface area contributed by atoms with Crippen LogP contribution in [0.15, 0.2) is 29.5 Å². The fraction of sp³-hybridized carbons (Fsp3) is 0.522. The Morgan fingerprint density at radius 2 is 1.91 bits per heavy atom. The van der Waals surface area contributed by atoms with E-state index >= 15 is 0 Å². The molecule has 2 aliphatic rings. The Kier molecular flexibility index (Phi) is 8.16. The molecule has 33 heavy (non-hydrogen) atoms. The van der Waals surface area contributed by atoms with E-state index in [0.29, 0.717) is 41.5 Å². The first-order valence-corrected chi connectivity index (χ1v) is 10.9. The van der Waals surface area contributed by atoms with Gasteiger partial charge in [0.15, 0.2) is 11.5 Å². The van der Waals surface area contributed by atoms with E-state index in [1.807, 2.05) is 4.90 Å². The summed E-state index contributed by atoms with van der Waals surface area (Å²) in [5, 5.41) is 5.56. The first-order valence-electron chi connectivity index (χ1n) is 10.9. The molecule has 0 radical (unpaired) electrons. The average Bonchev–Trinajstić information content (AvgIpc) is 2.83. The number of ether oxygens (including phenoxy) is 4. The van der Waals surface area contributed by atoms with E-state index in [2.05, 4.69) is 10.6 Å². The highest BCUT2D eigenvalue weighted by atomic mass is 16.5. The highest BCUT2D eigenvalue weighted by Gasteiger charge is 2.36. The number of methoxy groups -OCH3 is 3. The summed E-state index contributed by atoms with van der Waals surface area (Å²) in [6.45, 7) is 3.63. The number of carbonyl (C=O) groups is 3. The lowest BCUT2D eigenvalue weighted by molar-refractivity contribution is -0.150. The summed E-state index contributed by atoms with van der Waals surface area (Å²) in [6.07, 6.45) is 1.57. The summed E-state index contributed by atoms with van der Waals surface area (Å²) >= 11 is 0. The first kappa shape index (κ1) is 24.4. The number of nitrogens with one attached hydrogen (secondary N) is 2. The zero-order valence-electron chi connectivity index (χ0n) is 19.4. The fourth-order valence-electron chi connectivity index (χ4n) is 4.25. The topological polar surface area (TPSA) is 115 Å². The number of esters is 2. The molecular formula is C23H31N3O7. The number of rotatable bonds is 8. The maximum atomic E-state index is 12.8. The Morgan fingerprint density at radius 1 is 1.15 bits per heavy atom. The molecule has 1 aromatic rings. The predicted molar refractivity (Wildman–Crippen MR) is 119 cm³/mol. The van der Waals surface area contributed by atoms with Gasteiger partial charge in [0.1, 0.15) is 0 Å². The maximum Gasteiger partial charge on any atom is 0.338 e. The second kappa shape index (κ2) is 11.0. The minimum atomic E-state index is -0.744. The molecule has 2 aliphatic heterocycles. The Bertz CT molecular complexity index is 931. The molecule has 1 fully saturated rings. The Hall–Kier alpha value is -3.27. The summed E-state index contributed by atoms with van der Waals surface area (Å²) in [6, 6.07) is 4.01. The van der Waals surface area contributed by atoms with Crippen molar-refractivity contribution in [3.05, 3.63) is 35.0 Å². The molecule has 0 spiro atoms. The molecule has 10 heteroatoms. The van der Waals surface area contributed by atoms with E-state index < -0.39 is 18.0 Å². The minimum Gasteiger partial charge on any atom is -0.493 e. The van der Waals surface area contributed by atoms with Crippen LogP contribution in [0.2, 0.25) is 0 Å². The number of piperidine rings is 1. The molecule has 180 valence electrons. The zero-order valence-corrected chi connectivity index (χ0v) is 19.4. The van der Waals surface area contributed by atoms with Crippen molar-refractivity contribution in [1.82, 2.24) is 15.5 Å². The lowest BCUT2D eigenvalue weighted by Gasteiger charge is -2.35. The highest BCUT2D eigenvalue weighted by Crippen LogP contribution is 2.34. The standard InChI is InChI=1S/C23H31N3O7/c1-5-33-21(27)15-7-6-10-26(12-15)13-16-19(22(28)32-4)20(25-23(29)24-16)14-8-9-17(30-2)18(11-14)31-3/h8-9,11,15,20H,5-7,10,12-13H2,1-4H3,(H2,24,25,29)/t15-,20-/m1/s1. The van der Waals surface area contributed by atoms with E-state index in [1.54, 1.807) is 25.1 Å². The van der Waals surface area contributed by atoms with E-state index in [4.69, 9.17) is 18.9 Å². The van der Waals surface area contributed by atoms with Gasteiger partial charge in [-0.25, -0.2) is 9.59 Å². The molecule has 0 bridgehead atoms. The van der Waals surface area contributed by atoms with Gasteiger partial charge >= 0.3 is 18.0 Å². The van der Waals surface area contributed by atoms with Gasteiger partial charge in [-0.2, -0.15) is 0 Å². The zero-order chi connectivity index (χ0) is 24.0. The van der Waals surface area contributed by atoms with Crippen molar-refractivity contribution in [3.8, 4) is 11.5 Å². The smallest absolute Gasteiger partial charge is 0.338 e. The van der Waals surface area contributed by atoms with Crippen LogP contribution in [0.4, 0.5) is 4.79 Å². The van der Waals surface area contributed by atoms with Crippen molar-refractivity contribution in [2.75, 3.05) is 47.6 Å². The summed E-state index contributed by atoms with van der Waals surface area (Å²) < 4.78 is 20.9. The van der Waals surface area contributed by atoms with Crippen LogP contribution >= 0.6 is 0 Å². The number of amides is 2. The van der Waals surface area contributed by atoms with Crippen molar-refractivity contribution in [2.24, 2.45) is 5.92 Å². The molecule has 0 aromatic heterocycles. The predicted octanol–water partition coefficient (Wildman–Crippen LogP) is 1.76. The van der Waals surface area contributed by atoms with Gasteiger partial charge in [-0.1, -0.05) is 6.07 Å². The molecule has 10 nitrogen and oxygen atoms in total.